The molecule has 0 atom stereocenters. The highest BCUT2D eigenvalue weighted by atomic mass is 35.5. The lowest BCUT2D eigenvalue weighted by atomic mass is 9.90. The molecule has 0 unspecified atom stereocenters. The summed E-state index contributed by atoms with van der Waals surface area (Å²) >= 11 is 6.88. The van der Waals surface area contributed by atoms with Crippen LogP contribution in [0.15, 0.2) is 38.4 Å². The molecule has 0 saturated heterocycles. The summed E-state index contributed by atoms with van der Waals surface area (Å²) in [4.78, 5) is 4.36. The Morgan fingerprint density at radius 2 is 1.63 bits per heavy atom. The highest BCUT2D eigenvalue weighted by Gasteiger charge is 2.36. The van der Waals surface area contributed by atoms with Crippen LogP contribution in [0.1, 0.15) is 56.9 Å². The zero-order valence-corrected chi connectivity index (χ0v) is 18.4. The van der Waals surface area contributed by atoms with E-state index < -0.39 is 24.9 Å². The molecule has 9 heteroatoms. The second kappa shape index (κ2) is 7.81. The third kappa shape index (κ3) is 4.09. The molecule has 0 bridgehead atoms. The van der Waals surface area contributed by atoms with Crippen LogP contribution in [0.5, 0.6) is 0 Å². The van der Waals surface area contributed by atoms with Gasteiger partial charge in [0.05, 0.1) is 15.2 Å². The first-order chi connectivity index (χ1) is 12.6. The second-order valence-electron chi connectivity index (χ2n) is 7.03. The smallest absolute Gasteiger partial charge is 0.226 e. The lowest BCUT2D eigenvalue weighted by Crippen LogP contribution is -2.16. The Labute approximate surface area is 169 Å². The van der Waals surface area contributed by atoms with Crippen molar-refractivity contribution in [3.05, 3.63) is 34.3 Å². The topological polar surface area (TPSA) is 81.2 Å². The van der Waals surface area contributed by atoms with E-state index in [9.17, 15) is 16.8 Å². The van der Waals surface area contributed by atoms with Gasteiger partial charge in [0.2, 0.25) is 9.84 Å². The zero-order chi connectivity index (χ0) is 19.8. The molecule has 1 fully saturated rings. The fourth-order valence-electron chi connectivity index (χ4n) is 3.12. The van der Waals surface area contributed by atoms with E-state index in [4.69, 9.17) is 11.6 Å². The summed E-state index contributed by atoms with van der Waals surface area (Å²) in [5.41, 5.74) is 0. The molecular formula is C18H22ClNO4S3. The largest absolute Gasteiger partial charge is 0.228 e. The van der Waals surface area contributed by atoms with Crippen molar-refractivity contribution in [1.29, 1.82) is 0 Å². The summed E-state index contributed by atoms with van der Waals surface area (Å²) in [5, 5.41) is -0.0490. The van der Waals surface area contributed by atoms with E-state index in [-0.39, 0.29) is 20.0 Å². The lowest BCUT2D eigenvalue weighted by Gasteiger charge is -2.18. The SMILES string of the molecule is CC(C)S(=O)(=O)c1sc(C2CCCCC2)nc1S(=O)(=O)c1ccc(Cl)cc1. The number of hydrogen-bond acceptors (Lipinski definition) is 6. The highest BCUT2D eigenvalue weighted by molar-refractivity contribution is 7.96. The van der Waals surface area contributed by atoms with Crippen LogP contribution in [0.3, 0.4) is 0 Å². The molecule has 0 amide bonds. The van der Waals surface area contributed by atoms with E-state index in [1.54, 1.807) is 13.8 Å². The van der Waals surface area contributed by atoms with Crippen molar-refractivity contribution in [2.75, 3.05) is 0 Å². The summed E-state index contributed by atoms with van der Waals surface area (Å²) < 4.78 is 51.9. The Hall–Kier alpha value is -0.960. The monoisotopic (exact) mass is 447 g/mol. The number of nitrogens with zero attached hydrogens (tertiary/aromatic N) is 1. The second-order valence-corrected chi connectivity index (χ2v) is 13.1. The molecule has 2 aromatic rings. The van der Waals surface area contributed by atoms with E-state index in [1.165, 1.54) is 24.3 Å². The van der Waals surface area contributed by atoms with Crippen molar-refractivity contribution in [2.45, 2.75) is 71.3 Å². The molecule has 1 saturated carbocycles. The van der Waals surface area contributed by atoms with Crippen molar-refractivity contribution in [1.82, 2.24) is 4.98 Å². The van der Waals surface area contributed by atoms with Crippen molar-refractivity contribution in [2.24, 2.45) is 0 Å². The number of sulfone groups is 2. The number of aromatic nitrogens is 1. The van der Waals surface area contributed by atoms with Gasteiger partial charge in [0.25, 0.3) is 0 Å². The maximum Gasteiger partial charge on any atom is 0.226 e. The van der Waals surface area contributed by atoms with E-state index >= 15 is 0 Å². The molecule has 0 N–H and O–H groups in total. The van der Waals surface area contributed by atoms with E-state index in [0.29, 0.717) is 10.0 Å². The van der Waals surface area contributed by atoms with Crippen molar-refractivity contribution < 1.29 is 16.8 Å². The van der Waals surface area contributed by atoms with Gasteiger partial charge >= 0.3 is 0 Å². The van der Waals surface area contributed by atoms with Gasteiger partial charge in [-0.1, -0.05) is 30.9 Å². The van der Waals surface area contributed by atoms with Gasteiger partial charge in [-0.2, -0.15) is 0 Å². The Balaban J connectivity index is 2.17. The molecule has 1 aromatic carbocycles. The average molecular weight is 448 g/mol. The summed E-state index contributed by atoms with van der Waals surface area (Å²) in [5.74, 6) is 0.124. The molecule has 3 rings (SSSR count). The average Bonchev–Trinajstić information content (AvgIpc) is 3.10. The van der Waals surface area contributed by atoms with Crippen LogP contribution in [0.2, 0.25) is 5.02 Å². The minimum Gasteiger partial charge on any atom is -0.228 e. The van der Waals surface area contributed by atoms with Crippen LogP contribution < -0.4 is 0 Å². The minimum absolute atomic E-state index is 0.00685. The van der Waals surface area contributed by atoms with E-state index in [1.807, 2.05) is 0 Å². The number of rotatable bonds is 5. The quantitative estimate of drug-likeness (QED) is 0.653. The molecule has 148 valence electrons. The maximum atomic E-state index is 13.2. The molecule has 27 heavy (non-hydrogen) atoms. The molecule has 1 aliphatic carbocycles. The molecule has 0 aliphatic heterocycles. The summed E-state index contributed by atoms with van der Waals surface area (Å²) in [6, 6.07) is 5.70. The van der Waals surface area contributed by atoms with Gasteiger partial charge in [-0.3, -0.25) is 0 Å². The van der Waals surface area contributed by atoms with E-state index in [2.05, 4.69) is 4.98 Å². The number of benzene rings is 1. The molecule has 1 heterocycles. The molecule has 1 aromatic heterocycles. The molecular weight excluding hydrogens is 426 g/mol. The van der Waals surface area contributed by atoms with Gasteiger partial charge in [-0.05, 0) is 51.0 Å². The fourth-order valence-corrected chi connectivity index (χ4v) is 8.47. The van der Waals surface area contributed by atoms with Gasteiger partial charge < -0.3 is 0 Å². The first-order valence-corrected chi connectivity index (χ1v) is 13.1. The van der Waals surface area contributed by atoms with Gasteiger partial charge in [0.15, 0.2) is 19.1 Å². The maximum absolute atomic E-state index is 13.2. The third-order valence-electron chi connectivity index (χ3n) is 4.80. The normalized spacial score (nSPS) is 16.7. The van der Waals surface area contributed by atoms with Gasteiger partial charge in [0.1, 0.15) is 0 Å². The van der Waals surface area contributed by atoms with Crippen molar-refractivity contribution in [3.63, 3.8) is 0 Å². The fraction of sp³-hybridized carbons (Fsp3) is 0.500. The molecule has 0 spiro atoms. The van der Waals surface area contributed by atoms with Crippen LogP contribution >= 0.6 is 22.9 Å². The first kappa shape index (κ1) is 20.8. The number of thiazole rings is 1. The summed E-state index contributed by atoms with van der Waals surface area (Å²) in [7, 11) is -7.83. The van der Waals surface area contributed by atoms with Crippen LogP contribution in [0.25, 0.3) is 0 Å². The standard InChI is InChI=1S/C18H22ClNO4S3/c1-12(2)26(21,22)18-17(20-16(25-18)13-6-4-3-5-7-13)27(23,24)15-10-8-14(19)9-11-15/h8-13H,3-7H2,1-2H3. The zero-order valence-electron chi connectivity index (χ0n) is 15.2. The van der Waals surface area contributed by atoms with Crippen molar-refractivity contribution in [3.8, 4) is 0 Å². The summed E-state index contributed by atoms with van der Waals surface area (Å²) in [6.45, 7) is 3.10. The first-order valence-electron chi connectivity index (χ1n) is 8.89. The number of halogens is 1. The third-order valence-corrected chi connectivity index (χ3v) is 10.9. The van der Waals surface area contributed by atoms with Gasteiger partial charge in [0, 0.05) is 10.9 Å². The predicted molar refractivity (Wildman–Crippen MR) is 107 cm³/mol. The Bertz CT molecular complexity index is 1020. The molecule has 1 aliphatic rings. The Morgan fingerprint density at radius 3 is 2.19 bits per heavy atom. The van der Waals surface area contributed by atoms with Crippen LogP contribution in [-0.4, -0.2) is 27.1 Å². The number of hydrogen-bond donors (Lipinski definition) is 0. The molecule has 0 radical (unpaired) electrons. The van der Waals surface area contributed by atoms with Crippen LogP contribution in [0.4, 0.5) is 0 Å². The Morgan fingerprint density at radius 1 is 1.04 bits per heavy atom. The lowest BCUT2D eigenvalue weighted by molar-refractivity contribution is 0.441. The van der Waals surface area contributed by atoms with Crippen molar-refractivity contribution >= 4 is 42.6 Å². The highest BCUT2D eigenvalue weighted by Crippen LogP contribution is 2.40. The minimum atomic E-state index is -4.06. The predicted octanol–water partition coefficient (Wildman–Crippen LogP) is 4.86. The Kier molecular flexibility index (Phi) is 6.01. The van der Waals surface area contributed by atoms with Crippen LogP contribution in [-0.2, 0) is 19.7 Å². The summed E-state index contributed by atoms with van der Waals surface area (Å²) in [6.07, 6.45) is 5.07. The van der Waals surface area contributed by atoms with E-state index in [0.717, 1.165) is 43.4 Å². The van der Waals surface area contributed by atoms with Crippen LogP contribution in [0, 0.1) is 0 Å². The van der Waals surface area contributed by atoms with Gasteiger partial charge in [-0.15, -0.1) is 11.3 Å². The van der Waals surface area contributed by atoms with Gasteiger partial charge in [-0.25, -0.2) is 21.8 Å². The molecule has 5 nitrogen and oxygen atoms in total.